The summed E-state index contributed by atoms with van der Waals surface area (Å²) in [7, 11) is 1.72. The molecule has 5 rings (SSSR count). The molecule has 0 saturated carbocycles. The molecule has 0 amide bonds. The maximum Gasteiger partial charge on any atom is 0.295 e. The topological polar surface area (TPSA) is 74.4 Å². The van der Waals surface area contributed by atoms with E-state index in [0.29, 0.717) is 35.1 Å². The van der Waals surface area contributed by atoms with Crippen molar-refractivity contribution in [2.75, 3.05) is 31.1 Å². The molecule has 2 aliphatic heterocycles. The van der Waals surface area contributed by atoms with Crippen molar-refractivity contribution in [3.63, 3.8) is 0 Å². The van der Waals surface area contributed by atoms with E-state index in [-0.39, 0.29) is 11.6 Å². The summed E-state index contributed by atoms with van der Waals surface area (Å²) in [5, 5.41) is 9.37. The van der Waals surface area contributed by atoms with Crippen LogP contribution < -0.4 is 15.2 Å². The van der Waals surface area contributed by atoms with Gasteiger partial charge in [-0.3, -0.25) is 9.69 Å². The number of hydrogen-bond donors (Lipinski definition) is 0. The lowest BCUT2D eigenvalue weighted by atomic mass is 9.98. The summed E-state index contributed by atoms with van der Waals surface area (Å²) in [5.41, 5.74) is 4.89. The third-order valence-corrected chi connectivity index (χ3v) is 6.80. The van der Waals surface area contributed by atoms with Gasteiger partial charge in [0.05, 0.1) is 11.6 Å². The molecular formula is C25H27N5O2. The zero-order valence-corrected chi connectivity index (χ0v) is 18.7. The maximum atomic E-state index is 13.0. The van der Waals surface area contributed by atoms with Crippen LogP contribution in [-0.2, 0) is 7.05 Å². The molecule has 1 saturated heterocycles. The molecule has 4 heterocycles. The summed E-state index contributed by atoms with van der Waals surface area (Å²) in [6, 6.07) is 14.9. The Bertz CT molecular complexity index is 1270. The van der Waals surface area contributed by atoms with Crippen molar-refractivity contribution in [3.05, 3.63) is 63.6 Å². The van der Waals surface area contributed by atoms with Crippen LogP contribution in [0, 0.1) is 18.3 Å². The average Bonchev–Trinajstić information content (AvgIpc) is 2.83. The Kier molecular flexibility index (Phi) is 5.10. The first kappa shape index (κ1) is 20.5. The molecule has 0 radical (unpaired) electrons. The van der Waals surface area contributed by atoms with Crippen LogP contribution in [0.25, 0.3) is 11.0 Å². The van der Waals surface area contributed by atoms with Gasteiger partial charge < -0.3 is 14.2 Å². The second-order valence-corrected chi connectivity index (χ2v) is 8.71. The number of benzene rings is 1. The van der Waals surface area contributed by atoms with Gasteiger partial charge in [-0.25, -0.2) is 4.98 Å². The fraction of sp³-hybridized carbons (Fsp3) is 0.400. The van der Waals surface area contributed by atoms with Gasteiger partial charge in [-0.05, 0) is 31.0 Å². The molecule has 7 nitrogen and oxygen atoms in total. The largest absolute Gasteiger partial charge is 0.484 e. The Morgan fingerprint density at radius 1 is 1.22 bits per heavy atom. The van der Waals surface area contributed by atoms with Crippen molar-refractivity contribution >= 4 is 16.7 Å². The first-order valence-corrected chi connectivity index (χ1v) is 11.2. The lowest BCUT2D eigenvalue weighted by Gasteiger charge is -2.47. The van der Waals surface area contributed by atoms with Crippen molar-refractivity contribution in [2.45, 2.75) is 32.4 Å². The molecule has 2 aliphatic rings. The zero-order valence-electron chi connectivity index (χ0n) is 18.7. The summed E-state index contributed by atoms with van der Waals surface area (Å²) in [4.78, 5) is 22.4. The molecule has 0 bridgehead atoms. The van der Waals surface area contributed by atoms with E-state index in [1.807, 2.05) is 0 Å². The Balaban J connectivity index is 1.52. The Labute approximate surface area is 187 Å². The zero-order chi connectivity index (χ0) is 22.4. The third kappa shape index (κ3) is 3.23. The second-order valence-electron chi connectivity index (χ2n) is 8.71. The van der Waals surface area contributed by atoms with Gasteiger partial charge in [0.15, 0.2) is 0 Å². The number of fused-ring (bicyclic) bond motifs is 5. The predicted molar refractivity (Wildman–Crippen MR) is 124 cm³/mol. The molecule has 0 N–H and O–H groups in total. The maximum absolute atomic E-state index is 13.0. The normalized spacial score (nSPS) is 19.1. The number of nitriles is 1. The quantitative estimate of drug-likeness (QED) is 0.637. The van der Waals surface area contributed by atoms with Crippen molar-refractivity contribution < 1.29 is 4.74 Å². The summed E-state index contributed by atoms with van der Waals surface area (Å²) < 4.78 is 7.60. The predicted octanol–water partition coefficient (Wildman–Crippen LogP) is 3.15. The highest BCUT2D eigenvalue weighted by molar-refractivity contribution is 5.93. The van der Waals surface area contributed by atoms with Gasteiger partial charge >= 0.3 is 0 Å². The molecule has 164 valence electrons. The molecule has 1 fully saturated rings. The van der Waals surface area contributed by atoms with Crippen LogP contribution in [0.1, 0.15) is 36.2 Å². The first-order chi connectivity index (χ1) is 15.5. The lowest BCUT2D eigenvalue weighted by Crippen LogP contribution is -2.58. The minimum Gasteiger partial charge on any atom is -0.484 e. The molecule has 3 aromatic rings. The van der Waals surface area contributed by atoms with Crippen molar-refractivity contribution in [2.24, 2.45) is 7.05 Å². The number of ether oxygens (including phenoxy) is 1. The Morgan fingerprint density at radius 2 is 2.00 bits per heavy atom. The SMILES string of the molecule is CCC(c1ccc(C)cc1)N1CCN2c3c(c(=O)n(C)c4ccc(C#N)nc34)OC[C@@H]2C1. The molecule has 0 spiro atoms. The van der Waals surface area contributed by atoms with E-state index in [0.717, 1.165) is 31.7 Å². The van der Waals surface area contributed by atoms with E-state index >= 15 is 0 Å². The van der Waals surface area contributed by atoms with E-state index in [1.165, 1.54) is 11.1 Å². The molecule has 2 aromatic heterocycles. The fourth-order valence-corrected chi connectivity index (χ4v) is 5.10. The Morgan fingerprint density at radius 3 is 2.72 bits per heavy atom. The smallest absolute Gasteiger partial charge is 0.295 e. The highest BCUT2D eigenvalue weighted by atomic mass is 16.5. The van der Waals surface area contributed by atoms with Crippen LogP contribution in [0.4, 0.5) is 5.69 Å². The van der Waals surface area contributed by atoms with Crippen LogP contribution >= 0.6 is 0 Å². The van der Waals surface area contributed by atoms with Gasteiger partial charge in [0, 0.05) is 32.7 Å². The standard InChI is InChI=1S/C25H27N5O2/c1-4-20(17-7-5-16(2)6-8-17)29-11-12-30-19(14-29)15-32-24-23(30)22-21(28(3)25(24)31)10-9-18(13-26)27-22/h5-10,19-20H,4,11-12,14-15H2,1-3H3/t19-,20?/m0/s1. The van der Waals surface area contributed by atoms with Crippen LogP contribution in [0.2, 0.25) is 0 Å². The van der Waals surface area contributed by atoms with E-state index in [1.54, 1.807) is 23.7 Å². The lowest BCUT2D eigenvalue weighted by molar-refractivity contribution is 0.124. The summed E-state index contributed by atoms with van der Waals surface area (Å²) in [5.74, 6) is 0.345. The molecule has 7 heteroatoms. The van der Waals surface area contributed by atoms with Crippen LogP contribution in [-0.4, -0.2) is 46.7 Å². The van der Waals surface area contributed by atoms with Gasteiger partial charge in [0.2, 0.25) is 5.75 Å². The number of hydrogen-bond acceptors (Lipinski definition) is 6. The summed E-state index contributed by atoms with van der Waals surface area (Å²) in [6.45, 7) is 7.32. The van der Waals surface area contributed by atoms with E-state index < -0.39 is 0 Å². The van der Waals surface area contributed by atoms with Gasteiger partial charge in [0.25, 0.3) is 5.56 Å². The minimum absolute atomic E-state index is 0.124. The third-order valence-electron chi connectivity index (χ3n) is 6.80. The monoisotopic (exact) mass is 429 g/mol. The van der Waals surface area contributed by atoms with Crippen LogP contribution in [0.15, 0.2) is 41.2 Å². The number of rotatable bonds is 3. The molecule has 32 heavy (non-hydrogen) atoms. The molecule has 1 aromatic carbocycles. The van der Waals surface area contributed by atoms with Gasteiger partial charge in [-0.2, -0.15) is 5.26 Å². The van der Waals surface area contributed by atoms with Crippen molar-refractivity contribution in [1.82, 2.24) is 14.5 Å². The van der Waals surface area contributed by atoms with Crippen molar-refractivity contribution in [1.29, 1.82) is 5.26 Å². The number of nitrogens with zero attached hydrogens (tertiary/aromatic N) is 5. The van der Waals surface area contributed by atoms with Gasteiger partial charge in [-0.15, -0.1) is 0 Å². The highest BCUT2D eigenvalue weighted by Crippen LogP contribution is 2.39. The Hall–Kier alpha value is -3.37. The molecule has 1 unspecified atom stereocenters. The van der Waals surface area contributed by atoms with Gasteiger partial charge in [0.1, 0.15) is 29.6 Å². The first-order valence-electron chi connectivity index (χ1n) is 11.2. The summed E-state index contributed by atoms with van der Waals surface area (Å²) in [6.07, 6.45) is 1.03. The molecular weight excluding hydrogens is 402 g/mol. The highest BCUT2D eigenvalue weighted by Gasteiger charge is 2.38. The number of piperazine rings is 1. The number of aryl methyl sites for hydroxylation is 2. The molecule has 0 aliphatic carbocycles. The van der Waals surface area contributed by atoms with Gasteiger partial charge in [-0.1, -0.05) is 36.8 Å². The van der Waals surface area contributed by atoms with E-state index in [4.69, 9.17) is 4.74 Å². The van der Waals surface area contributed by atoms with E-state index in [2.05, 4.69) is 59.0 Å². The number of anilines is 1. The molecule has 2 atom stereocenters. The average molecular weight is 430 g/mol. The second kappa shape index (κ2) is 7.95. The number of aromatic nitrogens is 2. The minimum atomic E-state index is -0.161. The van der Waals surface area contributed by atoms with Crippen LogP contribution in [0.3, 0.4) is 0 Å². The van der Waals surface area contributed by atoms with Crippen LogP contribution in [0.5, 0.6) is 5.75 Å². The number of pyridine rings is 2. The van der Waals surface area contributed by atoms with Crippen molar-refractivity contribution in [3.8, 4) is 11.8 Å². The van der Waals surface area contributed by atoms with E-state index in [9.17, 15) is 10.1 Å². The summed E-state index contributed by atoms with van der Waals surface area (Å²) >= 11 is 0. The fourth-order valence-electron chi connectivity index (χ4n) is 5.10.